The van der Waals surface area contributed by atoms with Gasteiger partial charge in [0, 0.05) is 12.1 Å². The van der Waals surface area contributed by atoms with Gasteiger partial charge < -0.3 is 14.8 Å². The molecule has 2 aromatic rings. The fourth-order valence-electron chi connectivity index (χ4n) is 2.95. The molecule has 2 aromatic carbocycles. The predicted molar refractivity (Wildman–Crippen MR) is 69.3 cm³/mol. The number of morpholine rings is 1. The molecule has 4 rings (SSSR count). The van der Waals surface area contributed by atoms with Gasteiger partial charge in [-0.15, -0.1) is 0 Å². The van der Waals surface area contributed by atoms with Gasteiger partial charge >= 0.3 is 0 Å². The Kier molecular flexibility index (Phi) is 2.21. The van der Waals surface area contributed by atoms with Crippen molar-refractivity contribution in [1.29, 1.82) is 0 Å². The molecular formula is C15H15NO2. The Bertz CT molecular complexity index is 589. The number of rotatable bonds is 1. The minimum atomic E-state index is -0.593. The summed E-state index contributed by atoms with van der Waals surface area (Å²) in [6.45, 7) is 2.28. The van der Waals surface area contributed by atoms with E-state index < -0.39 is 5.79 Å². The number of fused-ring (bicyclic) bond motifs is 3. The molecule has 2 heterocycles. The van der Waals surface area contributed by atoms with Crippen molar-refractivity contribution in [3.05, 3.63) is 48.0 Å². The Morgan fingerprint density at radius 1 is 1.11 bits per heavy atom. The number of benzene rings is 2. The van der Waals surface area contributed by atoms with Crippen LogP contribution in [0.3, 0.4) is 0 Å². The van der Waals surface area contributed by atoms with E-state index in [1.807, 2.05) is 0 Å². The number of hydrogen-bond donors (Lipinski definition) is 1. The van der Waals surface area contributed by atoms with Crippen molar-refractivity contribution < 1.29 is 9.47 Å². The molecule has 92 valence electrons. The number of nitrogens with one attached hydrogen (secondary N) is 1. The van der Waals surface area contributed by atoms with Crippen LogP contribution in [-0.4, -0.2) is 25.8 Å². The van der Waals surface area contributed by atoms with Gasteiger partial charge in [0.1, 0.15) is 0 Å². The maximum absolute atomic E-state index is 6.09. The Morgan fingerprint density at radius 3 is 3.00 bits per heavy atom. The van der Waals surface area contributed by atoms with Gasteiger partial charge in [0.15, 0.2) is 0 Å². The predicted octanol–water partition coefficient (Wildman–Crippen LogP) is 2.01. The first kappa shape index (κ1) is 10.5. The van der Waals surface area contributed by atoms with E-state index in [-0.39, 0.29) is 6.10 Å². The molecule has 0 amide bonds. The maximum atomic E-state index is 6.09. The molecule has 2 unspecified atom stereocenters. The molecule has 1 N–H and O–H groups in total. The van der Waals surface area contributed by atoms with Gasteiger partial charge in [-0.25, -0.2) is 0 Å². The first-order chi connectivity index (χ1) is 8.87. The van der Waals surface area contributed by atoms with Crippen molar-refractivity contribution in [2.75, 3.05) is 19.7 Å². The average molecular weight is 241 g/mol. The van der Waals surface area contributed by atoms with Crippen molar-refractivity contribution >= 4 is 10.8 Å². The Labute approximate surface area is 106 Å². The van der Waals surface area contributed by atoms with Crippen LogP contribution in [0.25, 0.3) is 10.8 Å². The van der Waals surface area contributed by atoms with Gasteiger partial charge in [-0.2, -0.15) is 0 Å². The third kappa shape index (κ3) is 1.42. The highest BCUT2D eigenvalue weighted by Crippen LogP contribution is 2.39. The Balaban J connectivity index is 1.92. The summed E-state index contributed by atoms with van der Waals surface area (Å²) in [7, 11) is 0. The van der Waals surface area contributed by atoms with Gasteiger partial charge in [0.05, 0.1) is 19.3 Å². The van der Waals surface area contributed by atoms with Crippen LogP contribution in [0.15, 0.2) is 42.5 Å². The summed E-state index contributed by atoms with van der Waals surface area (Å²) in [5.41, 5.74) is 1.13. The van der Waals surface area contributed by atoms with E-state index in [4.69, 9.17) is 9.47 Å². The van der Waals surface area contributed by atoms with E-state index in [1.165, 1.54) is 10.8 Å². The first-order valence-corrected chi connectivity index (χ1v) is 6.38. The van der Waals surface area contributed by atoms with E-state index in [9.17, 15) is 0 Å². The lowest BCUT2D eigenvalue weighted by molar-refractivity contribution is -0.185. The molecule has 0 saturated carbocycles. The minimum absolute atomic E-state index is 0.178. The summed E-state index contributed by atoms with van der Waals surface area (Å²) < 4.78 is 12.1. The van der Waals surface area contributed by atoms with E-state index in [0.29, 0.717) is 6.61 Å². The van der Waals surface area contributed by atoms with Crippen molar-refractivity contribution in [3.63, 3.8) is 0 Å². The van der Waals surface area contributed by atoms with E-state index in [2.05, 4.69) is 47.8 Å². The van der Waals surface area contributed by atoms with Crippen LogP contribution in [0, 0.1) is 0 Å². The molecule has 2 fully saturated rings. The third-order valence-electron chi connectivity index (χ3n) is 3.79. The lowest BCUT2D eigenvalue weighted by atomic mass is 9.97. The Morgan fingerprint density at radius 2 is 2.00 bits per heavy atom. The summed E-state index contributed by atoms with van der Waals surface area (Å²) in [5, 5.41) is 5.84. The summed E-state index contributed by atoms with van der Waals surface area (Å²) in [5.74, 6) is -0.593. The second-order valence-electron chi connectivity index (χ2n) is 4.96. The molecular weight excluding hydrogens is 226 g/mol. The normalized spacial score (nSPS) is 30.8. The topological polar surface area (TPSA) is 30.5 Å². The van der Waals surface area contributed by atoms with Crippen LogP contribution in [0.4, 0.5) is 0 Å². The summed E-state index contributed by atoms with van der Waals surface area (Å²) in [6.07, 6.45) is 0.178. The highest BCUT2D eigenvalue weighted by molar-refractivity contribution is 5.86. The average Bonchev–Trinajstić information content (AvgIpc) is 2.74. The van der Waals surface area contributed by atoms with Gasteiger partial charge in [0.25, 0.3) is 0 Å². The summed E-state index contributed by atoms with van der Waals surface area (Å²) in [6, 6.07) is 14.7. The van der Waals surface area contributed by atoms with Crippen molar-refractivity contribution in [2.24, 2.45) is 0 Å². The van der Waals surface area contributed by atoms with Gasteiger partial charge in [-0.1, -0.05) is 42.5 Å². The fraction of sp³-hybridized carbons (Fsp3) is 0.333. The molecule has 2 saturated heterocycles. The molecule has 0 aliphatic carbocycles. The fourth-order valence-corrected chi connectivity index (χ4v) is 2.95. The lowest BCUT2D eigenvalue weighted by Crippen LogP contribution is -2.46. The van der Waals surface area contributed by atoms with E-state index in [1.54, 1.807) is 0 Å². The largest absolute Gasteiger partial charge is 0.342 e. The van der Waals surface area contributed by atoms with Crippen LogP contribution in [0.2, 0.25) is 0 Å². The molecule has 2 aliphatic rings. The minimum Gasteiger partial charge on any atom is -0.342 e. The van der Waals surface area contributed by atoms with Crippen LogP contribution < -0.4 is 5.32 Å². The second-order valence-corrected chi connectivity index (χ2v) is 4.96. The number of hydrogen-bond acceptors (Lipinski definition) is 3. The van der Waals surface area contributed by atoms with Crippen molar-refractivity contribution in [1.82, 2.24) is 5.32 Å². The zero-order chi connectivity index (χ0) is 12.0. The lowest BCUT2D eigenvalue weighted by Gasteiger charge is -2.33. The van der Waals surface area contributed by atoms with Crippen LogP contribution in [0.1, 0.15) is 5.56 Å². The molecule has 2 aliphatic heterocycles. The smallest absolute Gasteiger partial charge is 0.208 e. The molecule has 3 heteroatoms. The second kappa shape index (κ2) is 3.79. The van der Waals surface area contributed by atoms with Crippen LogP contribution in [0.5, 0.6) is 0 Å². The van der Waals surface area contributed by atoms with Gasteiger partial charge in [-0.3, -0.25) is 0 Å². The SMILES string of the molecule is c1ccc2c(C34CNCC(CO3)O4)cccc2c1. The zero-order valence-corrected chi connectivity index (χ0v) is 10.1. The quantitative estimate of drug-likeness (QED) is 0.828. The Hall–Kier alpha value is -1.42. The standard InChI is InChI=1S/C15H15NO2/c1-2-6-13-11(4-1)5-3-7-14(13)15-10-16-8-12(18-15)9-17-15/h1-7,12,16H,8-10H2. The monoisotopic (exact) mass is 241 g/mol. The van der Waals surface area contributed by atoms with Crippen LogP contribution >= 0.6 is 0 Å². The highest BCUT2D eigenvalue weighted by Gasteiger charge is 2.46. The summed E-state index contributed by atoms with van der Waals surface area (Å²) >= 11 is 0. The van der Waals surface area contributed by atoms with Gasteiger partial charge in [0.2, 0.25) is 5.79 Å². The van der Waals surface area contributed by atoms with E-state index >= 15 is 0 Å². The van der Waals surface area contributed by atoms with E-state index in [0.717, 1.165) is 18.7 Å². The van der Waals surface area contributed by atoms with Crippen molar-refractivity contribution in [2.45, 2.75) is 11.9 Å². The summed E-state index contributed by atoms with van der Waals surface area (Å²) in [4.78, 5) is 0. The maximum Gasteiger partial charge on any atom is 0.208 e. The molecule has 18 heavy (non-hydrogen) atoms. The number of ether oxygens (including phenoxy) is 2. The zero-order valence-electron chi connectivity index (χ0n) is 10.1. The molecule has 3 nitrogen and oxygen atoms in total. The molecule has 2 atom stereocenters. The van der Waals surface area contributed by atoms with Crippen LogP contribution in [-0.2, 0) is 15.3 Å². The molecule has 0 spiro atoms. The first-order valence-electron chi connectivity index (χ1n) is 6.38. The molecule has 0 aromatic heterocycles. The third-order valence-corrected chi connectivity index (χ3v) is 3.79. The molecule has 2 bridgehead atoms. The van der Waals surface area contributed by atoms with Crippen molar-refractivity contribution in [3.8, 4) is 0 Å². The van der Waals surface area contributed by atoms with Gasteiger partial charge in [-0.05, 0) is 10.8 Å². The highest BCUT2D eigenvalue weighted by atomic mass is 16.7. The molecule has 0 radical (unpaired) electrons.